The lowest BCUT2D eigenvalue weighted by Gasteiger charge is -2.03. The van der Waals surface area contributed by atoms with Crippen molar-refractivity contribution in [3.63, 3.8) is 0 Å². The number of aryl methyl sites for hydroxylation is 1. The molecule has 2 aromatic rings. The molecule has 0 spiro atoms. The van der Waals surface area contributed by atoms with Gasteiger partial charge < -0.3 is 4.57 Å². The van der Waals surface area contributed by atoms with Gasteiger partial charge in [0.05, 0.1) is 12.0 Å². The molecule has 0 aliphatic heterocycles. The van der Waals surface area contributed by atoms with Gasteiger partial charge in [-0.05, 0) is 18.1 Å². The molecular weight excluding hydrogens is 186 g/mol. The van der Waals surface area contributed by atoms with E-state index in [2.05, 4.69) is 35.9 Å². The normalized spacial score (nSPS) is 10.9. The van der Waals surface area contributed by atoms with Gasteiger partial charge in [-0.2, -0.15) is 0 Å². The van der Waals surface area contributed by atoms with Crippen molar-refractivity contribution in [3.05, 3.63) is 36.5 Å². The minimum absolute atomic E-state index is 0.475. The molecule has 0 aliphatic rings. The molecule has 2 aromatic heterocycles. The average Bonchev–Trinajstić information content (AvgIpc) is 2.65. The number of hydrogen-bond donors (Lipinski definition) is 0. The summed E-state index contributed by atoms with van der Waals surface area (Å²) in [6.45, 7) is 4.28. The van der Waals surface area contributed by atoms with E-state index in [-0.39, 0.29) is 0 Å². The number of aromatic nitrogens is 3. The molecule has 3 nitrogen and oxygen atoms in total. The van der Waals surface area contributed by atoms with E-state index in [1.807, 2.05) is 24.0 Å². The van der Waals surface area contributed by atoms with E-state index >= 15 is 0 Å². The minimum atomic E-state index is 0.475. The smallest absolute Gasteiger partial charge is 0.0951 e. The van der Waals surface area contributed by atoms with Gasteiger partial charge in [0.15, 0.2) is 0 Å². The van der Waals surface area contributed by atoms with Crippen LogP contribution in [0, 0.1) is 0 Å². The Labute approximate surface area is 89.8 Å². The van der Waals surface area contributed by atoms with Crippen LogP contribution in [-0.2, 0) is 7.05 Å². The summed E-state index contributed by atoms with van der Waals surface area (Å²) in [6, 6.07) is 4.14. The lowest BCUT2D eigenvalue weighted by atomic mass is 10.1. The Morgan fingerprint density at radius 2 is 2.00 bits per heavy atom. The molecule has 0 saturated carbocycles. The first kappa shape index (κ1) is 9.90. The van der Waals surface area contributed by atoms with Gasteiger partial charge >= 0.3 is 0 Å². The maximum Gasteiger partial charge on any atom is 0.0951 e. The van der Waals surface area contributed by atoms with Gasteiger partial charge in [0.25, 0.3) is 0 Å². The van der Waals surface area contributed by atoms with Gasteiger partial charge in [0, 0.05) is 30.7 Å². The van der Waals surface area contributed by atoms with Crippen molar-refractivity contribution < 1.29 is 0 Å². The Morgan fingerprint density at radius 1 is 1.20 bits per heavy atom. The second kappa shape index (κ2) is 3.85. The molecule has 2 rings (SSSR count). The van der Waals surface area contributed by atoms with Crippen molar-refractivity contribution in [1.82, 2.24) is 14.5 Å². The van der Waals surface area contributed by atoms with Gasteiger partial charge in [0.2, 0.25) is 0 Å². The molecule has 0 amide bonds. The van der Waals surface area contributed by atoms with Gasteiger partial charge in [-0.15, -0.1) is 0 Å². The van der Waals surface area contributed by atoms with Crippen LogP contribution in [0.2, 0.25) is 0 Å². The predicted octanol–water partition coefficient (Wildman–Crippen LogP) is 2.61. The summed E-state index contributed by atoms with van der Waals surface area (Å²) in [7, 11) is 1.96. The first-order chi connectivity index (χ1) is 7.16. The van der Waals surface area contributed by atoms with Crippen molar-refractivity contribution in [2.75, 3.05) is 0 Å². The lowest BCUT2D eigenvalue weighted by Crippen LogP contribution is -1.91. The molecule has 2 heterocycles. The van der Waals surface area contributed by atoms with Crippen LogP contribution in [0.3, 0.4) is 0 Å². The highest BCUT2D eigenvalue weighted by atomic mass is 15.0. The van der Waals surface area contributed by atoms with E-state index < -0.39 is 0 Å². The Balaban J connectivity index is 2.31. The molecule has 0 radical (unpaired) electrons. The number of pyridine rings is 1. The topological polar surface area (TPSA) is 30.7 Å². The Bertz CT molecular complexity index is 440. The molecule has 78 valence electrons. The number of imidazole rings is 1. The van der Waals surface area contributed by atoms with Crippen LogP contribution in [-0.4, -0.2) is 14.5 Å². The molecule has 0 fully saturated rings. The van der Waals surface area contributed by atoms with Crippen molar-refractivity contribution in [2.45, 2.75) is 19.8 Å². The maximum absolute atomic E-state index is 4.41. The van der Waals surface area contributed by atoms with Crippen LogP contribution in [0.4, 0.5) is 0 Å². The molecular formula is C12H15N3. The largest absolute Gasteiger partial charge is 0.340 e. The summed E-state index contributed by atoms with van der Waals surface area (Å²) in [5.74, 6) is 0.475. The molecule has 0 N–H and O–H groups in total. The van der Waals surface area contributed by atoms with Crippen molar-refractivity contribution in [1.29, 1.82) is 0 Å². The third kappa shape index (κ3) is 2.06. The van der Waals surface area contributed by atoms with Gasteiger partial charge in [-0.25, -0.2) is 4.98 Å². The summed E-state index contributed by atoms with van der Waals surface area (Å²) < 4.78 is 1.94. The van der Waals surface area contributed by atoms with Crippen molar-refractivity contribution in [2.24, 2.45) is 7.05 Å². The predicted molar refractivity (Wildman–Crippen MR) is 60.5 cm³/mol. The van der Waals surface area contributed by atoms with Gasteiger partial charge in [-0.1, -0.05) is 13.8 Å². The fourth-order valence-corrected chi connectivity index (χ4v) is 1.46. The van der Waals surface area contributed by atoms with Gasteiger partial charge in [-0.3, -0.25) is 4.98 Å². The van der Waals surface area contributed by atoms with Crippen LogP contribution in [0.15, 0.2) is 30.9 Å². The van der Waals surface area contributed by atoms with Crippen LogP contribution in [0.25, 0.3) is 11.3 Å². The van der Waals surface area contributed by atoms with E-state index in [9.17, 15) is 0 Å². The summed E-state index contributed by atoms with van der Waals surface area (Å²) in [6.07, 6.45) is 5.68. The maximum atomic E-state index is 4.41. The quantitative estimate of drug-likeness (QED) is 0.747. The van der Waals surface area contributed by atoms with Crippen molar-refractivity contribution in [3.8, 4) is 11.3 Å². The molecule has 0 atom stereocenters. The second-order valence-corrected chi connectivity index (χ2v) is 4.05. The van der Waals surface area contributed by atoms with Gasteiger partial charge in [0.1, 0.15) is 0 Å². The highest BCUT2D eigenvalue weighted by molar-refractivity contribution is 5.56. The third-order valence-corrected chi connectivity index (χ3v) is 2.38. The molecule has 3 heteroatoms. The number of rotatable bonds is 2. The second-order valence-electron chi connectivity index (χ2n) is 4.05. The fourth-order valence-electron chi connectivity index (χ4n) is 1.46. The number of nitrogens with zero attached hydrogens (tertiary/aromatic N) is 3. The zero-order valence-electron chi connectivity index (χ0n) is 9.31. The standard InChI is InChI=1S/C12H15N3/c1-9(2)11-5-4-10(6-13-11)12-7-15(3)8-14-12/h4-9H,1-3H3. The Kier molecular flexibility index (Phi) is 2.54. The summed E-state index contributed by atoms with van der Waals surface area (Å²) in [5.41, 5.74) is 3.16. The highest BCUT2D eigenvalue weighted by Crippen LogP contribution is 2.18. The Morgan fingerprint density at radius 3 is 2.47 bits per heavy atom. The van der Waals surface area contributed by atoms with E-state index in [4.69, 9.17) is 0 Å². The Hall–Kier alpha value is -1.64. The zero-order chi connectivity index (χ0) is 10.8. The molecule has 15 heavy (non-hydrogen) atoms. The SMILES string of the molecule is CC(C)c1ccc(-c2cn(C)cn2)cn1. The average molecular weight is 201 g/mol. The van der Waals surface area contributed by atoms with Crippen LogP contribution in [0.5, 0.6) is 0 Å². The molecule has 0 unspecified atom stereocenters. The monoisotopic (exact) mass is 201 g/mol. The zero-order valence-corrected chi connectivity index (χ0v) is 9.31. The van der Waals surface area contributed by atoms with E-state index in [0.717, 1.165) is 17.0 Å². The van der Waals surface area contributed by atoms with Crippen LogP contribution < -0.4 is 0 Å². The molecule has 0 saturated heterocycles. The first-order valence-electron chi connectivity index (χ1n) is 5.11. The molecule has 0 aromatic carbocycles. The van der Waals surface area contributed by atoms with Crippen LogP contribution in [0.1, 0.15) is 25.5 Å². The van der Waals surface area contributed by atoms with E-state index in [1.54, 1.807) is 6.33 Å². The molecule has 0 aliphatic carbocycles. The lowest BCUT2D eigenvalue weighted by molar-refractivity contribution is 0.823. The summed E-state index contributed by atoms with van der Waals surface area (Å²) in [5, 5.41) is 0. The molecule has 0 bridgehead atoms. The van der Waals surface area contributed by atoms with E-state index in [0.29, 0.717) is 5.92 Å². The minimum Gasteiger partial charge on any atom is -0.340 e. The first-order valence-corrected chi connectivity index (χ1v) is 5.11. The van der Waals surface area contributed by atoms with E-state index in [1.165, 1.54) is 0 Å². The van der Waals surface area contributed by atoms with Crippen LogP contribution >= 0.6 is 0 Å². The fraction of sp³-hybridized carbons (Fsp3) is 0.333. The highest BCUT2D eigenvalue weighted by Gasteiger charge is 2.03. The number of hydrogen-bond acceptors (Lipinski definition) is 2. The summed E-state index contributed by atoms with van der Waals surface area (Å²) >= 11 is 0. The summed E-state index contributed by atoms with van der Waals surface area (Å²) in [4.78, 5) is 8.70. The third-order valence-electron chi connectivity index (χ3n) is 2.38. The van der Waals surface area contributed by atoms with Crippen molar-refractivity contribution >= 4 is 0 Å².